The third-order valence-corrected chi connectivity index (χ3v) is 2.82. The summed E-state index contributed by atoms with van der Waals surface area (Å²) < 4.78 is 0. The summed E-state index contributed by atoms with van der Waals surface area (Å²) >= 11 is 0. The molecule has 1 aromatic heterocycles. The Bertz CT molecular complexity index is 724. The van der Waals surface area contributed by atoms with E-state index in [-0.39, 0.29) is 5.91 Å². The largest absolute Gasteiger partial charge is 0.326 e. The van der Waals surface area contributed by atoms with Crippen molar-refractivity contribution < 1.29 is 14.4 Å². The van der Waals surface area contributed by atoms with Gasteiger partial charge >= 0.3 is 11.8 Å². The van der Waals surface area contributed by atoms with Gasteiger partial charge in [0.2, 0.25) is 5.91 Å². The number of rotatable bonds is 3. The Morgan fingerprint density at radius 3 is 1.91 bits per heavy atom. The van der Waals surface area contributed by atoms with Crippen molar-refractivity contribution in [3.05, 3.63) is 48.2 Å². The van der Waals surface area contributed by atoms with Crippen LogP contribution in [0.25, 0.3) is 0 Å². The lowest BCUT2D eigenvalue weighted by molar-refractivity contribution is -0.133. The molecule has 0 radical (unpaired) electrons. The fourth-order valence-electron chi connectivity index (χ4n) is 1.74. The molecule has 0 unspecified atom stereocenters. The number of nitrogens with one attached hydrogen (secondary N) is 3. The van der Waals surface area contributed by atoms with E-state index in [9.17, 15) is 14.4 Å². The summed E-state index contributed by atoms with van der Waals surface area (Å²) in [5.41, 5.74) is 1.99. The fourth-order valence-corrected chi connectivity index (χ4v) is 1.74. The lowest BCUT2D eigenvalue weighted by Crippen LogP contribution is -2.29. The Balaban J connectivity index is 1.94. The molecular weight excluding hydrogens is 296 g/mol. The van der Waals surface area contributed by atoms with Gasteiger partial charge in [0, 0.05) is 24.5 Å². The zero-order valence-corrected chi connectivity index (χ0v) is 12.7. The van der Waals surface area contributed by atoms with Gasteiger partial charge in [0.15, 0.2) is 0 Å². The standard InChI is InChI=1S/C16H16N4O3/c1-10-3-8-14(17-9-10)20-16(23)15(22)19-13-6-4-12(5-7-13)18-11(2)21/h3-9H,1-2H3,(H,18,21)(H,19,22)(H,17,20,23). The normalized spacial score (nSPS) is 9.83. The van der Waals surface area contributed by atoms with Crippen LogP contribution in [0.15, 0.2) is 42.6 Å². The molecule has 0 saturated heterocycles. The van der Waals surface area contributed by atoms with Crippen LogP contribution in [-0.2, 0) is 14.4 Å². The van der Waals surface area contributed by atoms with E-state index in [4.69, 9.17) is 0 Å². The molecule has 118 valence electrons. The number of amides is 3. The first-order valence-electron chi connectivity index (χ1n) is 6.86. The Morgan fingerprint density at radius 1 is 0.826 bits per heavy atom. The molecular formula is C16H16N4O3. The van der Waals surface area contributed by atoms with E-state index < -0.39 is 11.8 Å². The minimum absolute atomic E-state index is 0.188. The van der Waals surface area contributed by atoms with Crippen LogP contribution in [0.3, 0.4) is 0 Å². The summed E-state index contributed by atoms with van der Waals surface area (Å²) in [4.78, 5) is 38.5. The van der Waals surface area contributed by atoms with Crippen LogP contribution in [-0.4, -0.2) is 22.7 Å². The number of anilines is 3. The van der Waals surface area contributed by atoms with Gasteiger partial charge in [-0.15, -0.1) is 0 Å². The molecule has 0 aliphatic carbocycles. The van der Waals surface area contributed by atoms with Crippen molar-refractivity contribution in [3.8, 4) is 0 Å². The van der Waals surface area contributed by atoms with Crippen molar-refractivity contribution in [1.82, 2.24) is 4.98 Å². The van der Waals surface area contributed by atoms with Crippen LogP contribution in [0.2, 0.25) is 0 Å². The molecule has 0 fully saturated rings. The number of hydrogen-bond donors (Lipinski definition) is 3. The summed E-state index contributed by atoms with van der Waals surface area (Å²) in [6, 6.07) is 9.80. The second-order valence-corrected chi connectivity index (χ2v) is 4.89. The van der Waals surface area contributed by atoms with E-state index in [1.165, 1.54) is 6.92 Å². The highest BCUT2D eigenvalue weighted by Gasteiger charge is 2.14. The topological polar surface area (TPSA) is 100 Å². The second kappa shape index (κ2) is 7.17. The highest BCUT2D eigenvalue weighted by atomic mass is 16.2. The Morgan fingerprint density at radius 2 is 1.39 bits per heavy atom. The van der Waals surface area contributed by atoms with Gasteiger partial charge in [0.25, 0.3) is 0 Å². The summed E-state index contributed by atoms with van der Waals surface area (Å²) in [5.74, 6) is -1.50. The van der Waals surface area contributed by atoms with Gasteiger partial charge in [-0.25, -0.2) is 4.98 Å². The lowest BCUT2D eigenvalue weighted by atomic mass is 10.2. The fraction of sp³-hybridized carbons (Fsp3) is 0.125. The second-order valence-electron chi connectivity index (χ2n) is 4.89. The zero-order chi connectivity index (χ0) is 16.8. The number of benzene rings is 1. The molecule has 2 rings (SSSR count). The van der Waals surface area contributed by atoms with Crippen LogP contribution in [0.5, 0.6) is 0 Å². The molecule has 0 bridgehead atoms. The monoisotopic (exact) mass is 312 g/mol. The van der Waals surface area contributed by atoms with E-state index in [1.54, 1.807) is 42.6 Å². The predicted molar refractivity (Wildman–Crippen MR) is 87.0 cm³/mol. The van der Waals surface area contributed by atoms with Crippen molar-refractivity contribution in [2.45, 2.75) is 13.8 Å². The molecule has 0 aliphatic rings. The van der Waals surface area contributed by atoms with Crippen LogP contribution in [0, 0.1) is 6.92 Å². The Labute approximate surface area is 133 Å². The molecule has 7 nitrogen and oxygen atoms in total. The van der Waals surface area contributed by atoms with Gasteiger partial charge in [-0.1, -0.05) is 6.07 Å². The maximum atomic E-state index is 11.8. The number of nitrogens with zero attached hydrogens (tertiary/aromatic N) is 1. The molecule has 0 aliphatic heterocycles. The van der Waals surface area contributed by atoms with Crippen LogP contribution < -0.4 is 16.0 Å². The average molecular weight is 312 g/mol. The van der Waals surface area contributed by atoms with Crippen molar-refractivity contribution in [1.29, 1.82) is 0 Å². The number of carbonyl (C=O) groups excluding carboxylic acids is 3. The molecule has 3 N–H and O–H groups in total. The smallest absolute Gasteiger partial charge is 0.315 e. The van der Waals surface area contributed by atoms with Crippen LogP contribution in [0.1, 0.15) is 12.5 Å². The van der Waals surface area contributed by atoms with Gasteiger partial charge in [-0.05, 0) is 42.8 Å². The highest BCUT2D eigenvalue weighted by Crippen LogP contribution is 2.13. The first-order valence-corrected chi connectivity index (χ1v) is 6.86. The predicted octanol–water partition coefficient (Wildman–Crippen LogP) is 1.93. The molecule has 1 heterocycles. The lowest BCUT2D eigenvalue weighted by Gasteiger charge is -2.07. The molecule has 23 heavy (non-hydrogen) atoms. The number of aryl methyl sites for hydroxylation is 1. The van der Waals surface area contributed by atoms with Crippen molar-refractivity contribution >= 4 is 34.9 Å². The third-order valence-electron chi connectivity index (χ3n) is 2.82. The first-order chi connectivity index (χ1) is 10.9. The highest BCUT2D eigenvalue weighted by molar-refractivity contribution is 6.43. The molecule has 0 atom stereocenters. The van der Waals surface area contributed by atoms with E-state index in [0.29, 0.717) is 17.2 Å². The average Bonchev–Trinajstić information content (AvgIpc) is 2.51. The van der Waals surface area contributed by atoms with Gasteiger partial charge < -0.3 is 16.0 Å². The molecule has 0 saturated carbocycles. The number of aromatic nitrogens is 1. The number of pyridine rings is 1. The Hall–Kier alpha value is -3.22. The molecule has 2 aromatic rings. The quantitative estimate of drug-likeness (QED) is 0.754. The molecule has 1 aromatic carbocycles. The minimum atomic E-state index is -0.813. The van der Waals surface area contributed by atoms with Crippen molar-refractivity contribution in [2.24, 2.45) is 0 Å². The van der Waals surface area contributed by atoms with E-state index >= 15 is 0 Å². The third kappa shape index (κ3) is 4.92. The maximum absolute atomic E-state index is 11.8. The van der Waals surface area contributed by atoms with Crippen molar-refractivity contribution in [3.63, 3.8) is 0 Å². The van der Waals surface area contributed by atoms with E-state index in [0.717, 1.165) is 5.56 Å². The van der Waals surface area contributed by atoms with Crippen LogP contribution in [0.4, 0.5) is 17.2 Å². The van der Waals surface area contributed by atoms with E-state index in [1.807, 2.05) is 6.92 Å². The zero-order valence-electron chi connectivity index (χ0n) is 12.7. The summed E-state index contributed by atoms with van der Waals surface area (Å²) in [6.07, 6.45) is 1.59. The van der Waals surface area contributed by atoms with Crippen molar-refractivity contribution in [2.75, 3.05) is 16.0 Å². The number of hydrogen-bond acceptors (Lipinski definition) is 4. The Kier molecular flexibility index (Phi) is 5.03. The first kappa shape index (κ1) is 16.2. The SMILES string of the molecule is CC(=O)Nc1ccc(NC(=O)C(=O)Nc2ccc(C)cn2)cc1. The van der Waals surface area contributed by atoms with E-state index in [2.05, 4.69) is 20.9 Å². The molecule has 0 spiro atoms. The maximum Gasteiger partial charge on any atom is 0.315 e. The summed E-state index contributed by atoms with van der Waals surface area (Å²) in [5, 5.41) is 7.48. The minimum Gasteiger partial charge on any atom is -0.326 e. The van der Waals surface area contributed by atoms with Gasteiger partial charge in [-0.3, -0.25) is 14.4 Å². The van der Waals surface area contributed by atoms with Gasteiger partial charge in [-0.2, -0.15) is 0 Å². The van der Waals surface area contributed by atoms with Gasteiger partial charge in [0.1, 0.15) is 5.82 Å². The van der Waals surface area contributed by atoms with Crippen LogP contribution >= 0.6 is 0 Å². The number of carbonyl (C=O) groups is 3. The van der Waals surface area contributed by atoms with Gasteiger partial charge in [0.05, 0.1) is 0 Å². The summed E-state index contributed by atoms with van der Waals surface area (Å²) in [6.45, 7) is 3.27. The summed E-state index contributed by atoms with van der Waals surface area (Å²) in [7, 11) is 0. The molecule has 7 heteroatoms. The molecule has 3 amide bonds.